The van der Waals surface area contributed by atoms with Gasteiger partial charge in [-0.15, -0.1) is 10.2 Å². The Labute approximate surface area is 70.6 Å². The topological polar surface area (TPSA) is 47.8 Å². The van der Waals surface area contributed by atoms with Gasteiger partial charge in [-0.25, -0.2) is 0 Å². The van der Waals surface area contributed by atoms with Crippen molar-refractivity contribution in [2.75, 3.05) is 0 Å². The van der Waals surface area contributed by atoms with Crippen LogP contribution < -0.4 is 0 Å². The van der Waals surface area contributed by atoms with Crippen LogP contribution in [0, 0.1) is 0 Å². The maximum absolute atomic E-state index is 10.7. The van der Waals surface area contributed by atoms with Crippen LogP contribution in [-0.2, 0) is 11.3 Å². The summed E-state index contributed by atoms with van der Waals surface area (Å²) >= 11 is 0. The van der Waals surface area contributed by atoms with Crippen molar-refractivity contribution in [2.24, 2.45) is 0 Å². The lowest BCUT2D eigenvalue weighted by atomic mass is 9.83. The van der Waals surface area contributed by atoms with Crippen molar-refractivity contribution in [2.45, 2.75) is 32.2 Å². The second-order valence-electron chi connectivity index (χ2n) is 3.12. The van der Waals surface area contributed by atoms with Gasteiger partial charge >= 0.3 is 0 Å². The average Bonchev–Trinajstić information content (AvgIpc) is 2.45. The van der Waals surface area contributed by atoms with Gasteiger partial charge in [0.25, 0.3) is 0 Å². The molecule has 0 atom stereocenters. The number of ketones is 1. The molecule has 12 heavy (non-hydrogen) atoms. The van der Waals surface area contributed by atoms with E-state index in [0.717, 1.165) is 12.4 Å². The van der Waals surface area contributed by atoms with Crippen molar-refractivity contribution in [1.82, 2.24) is 14.8 Å². The number of carbonyl (C=O) groups excluding carboxylic acids is 1. The molecule has 1 saturated carbocycles. The zero-order valence-electron chi connectivity index (χ0n) is 7.03. The maximum Gasteiger partial charge on any atom is 0.136 e. The van der Waals surface area contributed by atoms with Gasteiger partial charge in [0.2, 0.25) is 0 Å². The number of aryl methyl sites for hydroxylation is 1. The highest BCUT2D eigenvalue weighted by molar-refractivity contribution is 5.86. The maximum atomic E-state index is 10.7. The largest absolute Gasteiger partial charge is 0.318 e. The van der Waals surface area contributed by atoms with Crippen LogP contribution in [0.1, 0.15) is 31.5 Å². The smallest absolute Gasteiger partial charge is 0.136 e. The molecule has 1 fully saturated rings. The highest BCUT2D eigenvalue weighted by atomic mass is 16.1. The first-order chi connectivity index (χ1) is 5.81. The first-order valence-electron chi connectivity index (χ1n) is 4.20. The number of nitrogens with zero attached hydrogens (tertiary/aromatic N) is 3. The van der Waals surface area contributed by atoms with E-state index in [9.17, 15) is 4.79 Å². The fourth-order valence-electron chi connectivity index (χ4n) is 1.50. The van der Waals surface area contributed by atoms with Gasteiger partial charge in [-0.05, 0) is 6.92 Å². The first kappa shape index (κ1) is 7.46. The lowest BCUT2D eigenvalue weighted by Gasteiger charge is -2.22. The summed E-state index contributed by atoms with van der Waals surface area (Å²) in [7, 11) is 0. The van der Waals surface area contributed by atoms with Crippen molar-refractivity contribution < 1.29 is 4.79 Å². The van der Waals surface area contributed by atoms with Gasteiger partial charge in [0.15, 0.2) is 0 Å². The highest BCUT2D eigenvalue weighted by Gasteiger charge is 2.31. The van der Waals surface area contributed by atoms with Crippen LogP contribution >= 0.6 is 0 Å². The minimum atomic E-state index is 0.333. The Bertz CT molecular complexity index is 297. The highest BCUT2D eigenvalue weighted by Crippen LogP contribution is 2.31. The van der Waals surface area contributed by atoms with Crippen molar-refractivity contribution >= 4 is 5.78 Å². The van der Waals surface area contributed by atoms with Gasteiger partial charge in [0.05, 0.1) is 0 Å². The Morgan fingerprint density at radius 1 is 1.67 bits per heavy atom. The molecule has 0 saturated heterocycles. The van der Waals surface area contributed by atoms with Crippen molar-refractivity contribution in [1.29, 1.82) is 0 Å². The second-order valence-corrected chi connectivity index (χ2v) is 3.12. The summed E-state index contributed by atoms with van der Waals surface area (Å²) in [4.78, 5) is 10.7. The number of hydrogen-bond donors (Lipinski definition) is 0. The predicted octanol–water partition coefficient (Wildman–Crippen LogP) is 0.744. The molecule has 2 rings (SSSR count). The van der Waals surface area contributed by atoms with E-state index in [-0.39, 0.29) is 0 Å². The molecule has 1 aliphatic rings. The number of aromatic nitrogens is 3. The molecule has 4 heteroatoms. The third-order valence-electron chi connectivity index (χ3n) is 2.30. The van der Waals surface area contributed by atoms with Gasteiger partial charge in [-0.3, -0.25) is 4.79 Å². The van der Waals surface area contributed by atoms with Crippen LogP contribution in [0.15, 0.2) is 6.33 Å². The average molecular weight is 165 g/mol. The number of carbonyl (C=O) groups is 1. The van der Waals surface area contributed by atoms with Gasteiger partial charge in [-0.1, -0.05) is 0 Å². The normalized spacial score (nSPS) is 17.9. The lowest BCUT2D eigenvalue weighted by molar-refractivity contribution is -0.124. The summed E-state index contributed by atoms with van der Waals surface area (Å²) in [6, 6.07) is 0. The van der Waals surface area contributed by atoms with Gasteiger partial charge in [-0.2, -0.15) is 0 Å². The van der Waals surface area contributed by atoms with Crippen LogP contribution in [0.2, 0.25) is 0 Å². The lowest BCUT2D eigenvalue weighted by Crippen LogP contribution is -2.24. The fourth-order valence-corrected chi connectivity index (χ4v) is 1.50. The second kappa shape index (κ2) is 2.69. The molecule has 0 unspecified atom stereocenters. The molecule has 1 aromatic heterocycles. The molecule has 0 N–H and O–H groups in total. The SMILES string of the molecule is CCn1cnnc1C1CC(=O)C1. The van der Waals surface area contributed by atoms with E-state index in [1.54, 1.807) is 6.33 Å². The van der Waals surface area contributed by atoms with Gasteiger partial charge < -0.3 is 4.57 Å². The van der Waals surface area contributed by atoms with E-state index in [1.165, 1.54) is 0 Å². The van der Waals surface area contributed by atoms with Crippen LogP contribution in [-0.4, -0.2) is 20.5 Å². The molecule has 4 nitrogen and oxygen atoms in total. The fraction of sp³-hybridized carbons (Fsp3) is 0.625. The zero-order chi connectivity index (χ0) is 8.55. The number of rotatable bonds is 2. The Morgan fingerprint density at radius 2 is 2.42 bits per heavy atom. The van der Waals surface area contributed by atoms with E-state index in [0.29, 0.717) is 24.5 Å². The molecule has 1 aromatic rings. The summed E-state index contributed by atoms with van der Waals surface area (Å²) < 4.78 is 2.00. The molecule has 0 amide bonds. The quantitative estimate of drug-likeness (QED) is 0.649. The molecule has 0 spiro atoms. The molecule has 1 heterocycles. The number of hydrogen-bond acceptors (Lipinski definition) is 3. The minimum absolute atomic E-state index is 0.333. The van der Waals surface area contributed by atoms with E-state index in [4.69, 9.17) is 0 Å². The van der Waals surface area contributed by atoms with Crippen molar-refractivity contribution in [3.63, 3.8) is 0 Å². The third-order valence-corrected chi connectivity index (χ3v) is 2.30. The molecule has 64 valence electrons. The molecule has 0 radical (unpaired) electrons. The van der Waals surface area contributed by atoms with Gasteiger partial charge in [0.1, 0.15) is 17.9 Å². The van der Waals surface area contributed by atoms with Crippen LogP contribution in [0.5, 0.6) is 0 Å². The van der Waals surface area contributed by atoms with E-state index < -0.39 is 0 Å². The summed E-state index contributed by atoms with van der Waals surface area (Å²) in [5.41, 5.74) is 0. The standard InChI is InChI=1S/C8H11N3O/c1-2-11-5-9-10-8(11)6-3-7(12)4-6/h5-6H,2-4H2,1H3. The Hall–Kier alpha value is -1.19. The number of Topliss-reactive ketones (excluding diaryl/α,β-unsaturated/α-hetero) is 1. The Kier molecular flexibility index (Phi) is 1.67. The molecule has 0 bridgehead atoms. The summed E-state index contributed by atoms with van der Waals surface area (Å²) in [6.45, 7) is 2.93. The summed E-state index contributed by atoms with van der Waals surface area (Å²) in [6.07, 6.45) is 3.02. The third kappa shape index (κ3) is 1.03. The van der Waals surface area contributed by atoms with Crippen LogP contribution in [0.25, 0.3) is 0 Å². The van der Waals surface area contributed by atoms with E-state index in [1.807, 2.05) is 11.5 Å². The summed E-state index contributed by atoms with van der Waals surface area (Å²) in [5.74, 6) is 1.64. The Balaban J connectivity index is 2.17. The van der Waals surface area contributed by atoms with Crippen molar-refractivity contribution in [3.05, 3.63) is 12.2 Å². The summed E-state index contributed by atoms with van der Waals surface area (Å²) in [5, 5.41) is 7.83. The minimum Gasteiger partial charge on any atom is -0.318 e. The predicted molar refractivity (Wildman–Crippen MR) is 42.7 cm³/mol. The van der Waals surface area contributed by atoms with Crippen LogP contribution in [0.3, 0.4) is 0 Å². The van der Waals surface area contributed by atoms with E-state index >= 15 is 0 Å². The van der Waals surface area contributed by atoms with E-state index in [2.05, 4.69) is 10.2 Å². The monoisotopic (exact) mass is 165 g/mol. The van der Waals surface area contributed by atoms with Gasteiger partial charge in [0, 0.05) is 25.3 Å². The van der Waals surface area contributed by atoms with Crippen molar-refractivity contribution in [3.8, 4) is 0 Å². The molecule has 0 aliphatic heterocycles. The molecule has 1 aliphatic carbocycles. The molecular formula is C8H11N3O. The van der Waals surface area contributed by atoms with Crippen LogP contribution in [0.4, 0.5) is 0 Å². The zero-order valence-corrected chi connectivity index (χ0v) is 7.03. The Morgan fingerprint density at radius 3 is 3.00 bits per heavy atom. The molecular weight excluding hydrogens is 154 g/mol. The molecule has 0 aromatic carbocycles. The first-order valence-corrected chi connectivity index (χ1v) is 4.20.